The van der Waals surface area contributed by atoms with Crippen molar-refractivity contribution in [2.45, 2.75) is 20.3 Å². The monoisotopic (exact) mass is 284 g/mol. The largest absolute Gasteiger partial charge is 0.356 e. The highest BCUT2D eigenvalue weighted by Crippen LogP contribution is 2.24. The van der Waals surface area contributed by atoms with E-state index in [0.29, 0.717) is 11.6 Å². The van der Waals surface area contributed by atoms with Gasteiger partial charge < -0.3 is 9.88 Å². The minimum Gasteiger partial charge on any atom is -0.356 e. The number of piperidine rings is 1. The van der Waals surface area contributed by atoms with E-state index in [1.807, 2.05) is 11.0 Å². The van der Waals surface area contributed by atoms with Gasteiger partial charge in [0.15, 0.2) is 0 Å². The molecule has 0 spiro atoms. The van der Waals surface area contributed by atoms with Crippen LogP contribution in [0.25, 0.3) is 0 Å². The predicted octanol–water partition coefficient (Wildman–Crippen LogP) is 2.90. The van der Waals surface area contributed by atoms with E-state index in [1.54, 1.807) is 6.20 Å². The number of nitrogens with zero attached hydrogens (tertiary/aromatic N) is 1. The van der Waals surface area contributed by atoms with Crippen LogP contribution in [0.3, 0.4) is 0 Å². The van der Waals surface area contributed by atoms with Gasteiger partial charge in [0.25, 0.3) is 5.91 Å². The molecular formula is C12H17BrN2O. The lowest BCUT2D eigenvalue weighted by molar-refractivity contribution is 0.0622. The summed E-state index contributed by atoms with van der Waals surface area (Å²) in [6, 6.07) is 1.84. The van der Waals surface area contributed by atoms with Crippen molar-refractivity contribution in [1.29, 1.82) is 0 Å². The Hall–Kier alpha value is -0.770. The molecule has 2 rings (SSSR count). The fourth-order valence-corrected chi connectivity index (χ4v) is 2.45. The van der Waals surface area contributed by atoms with Gasteiger partial charge in [-0.3, -0.25) is 4.79 Å². The average molecular weight is 285 g/mol. The molecule has 1 aromatic rings. The maximum absolute atomic E-state index is 12.1. The number of H-pyrrole nitrogens is 1. The summed E-state index contributed by atoms with van der Waals surface area (Å²) in [4.78, 5) is 17.1. The number of amides is 1. The van der Waals surface area contributed by atoms with Gasteiger partial charge in [-0.2, -0.15) is 0 Å². The van der Waals surface area contributed by atoms with Crippen molar-refractivity contribution in [3.05, 3.63) is 22.4 Å². The number of nitrogens with one attached hydrogen (secondary N) is 1. The lowest BCUT2D eigenvalue weighted by Gasteiger charge is -2.35. The highest BCUT2D eigenvalue weighted by atomic mass is 79.9. The third-order valence-electron chi connectivity index (χ3n) is 3.50. The highest BCUT2D eigenvalue weighted by Gasteiger charge is 2.26. The molecule has 1 saturated heterocycles. The SMILES string of the molecule is CC1CCN(C(=O)c2cc(Br)c[nH]2)CC1C. The Labute approximate surface area is 104 Å². The van der Waals surface area contributed by atoms with Gasteiger partial charge in [0.05, 0.1) is 0 Å². The Morgan fingerprint density at radius 1 is 1.50 bits per heavy atom. The van der Waals surface area contributed by atoms with Crippen LogP contribution in [0.15, 0.2) is 16.7 Å². The minimum atomic E-state index is 0.115. The van der Waals surface area contributed by atoms with E-state index < -0.39 is 0 Å². The molecular weight excluding hydrogens is 268 g/mol. The number of likely N-dealkylation sites (tertiary alicyclic amines) is 1. The molecule has 2 heterocycles. The van der Waals surface area contributed by atoms with Gasteiger partial charge in [-0.1, -0.05) is 13.8 Å². The van der Waals surface area contributed by atoms with Gasteiger partial charge in [-0.25, -0.2) is 0 Å². The summed E-state index contributed by atoms with van der Waals surface area (Å²) < 4.78 is 0.925. The molecule has 4 heteroatoms. The van der Waals surface area contributed by atoms with Gasteiger partial charge >= 0.3 is 0 Å². The zero-order valence-electron chi connectivity index (χ0n) is 9.66. The summed E-state index contributed by atoms with van der Waals surface area (Å²) in [6.45, 7) is 6.23. The molecule has 1 aliphatic heterocycles. The smallest absolute Gasteiger partial charge is 0.270 e. The summed E-state index contributed by atoms with van der Waals surface area (Å²) in [5.41, 5.74) is 0.675. The minimum absolute atomic E-state index is 0.115. The van der Waals surface area contributed by atoms with E-state index >= 15 is 0 Å². The standard InChI is InChI=1S/C12H17BrN2O/c1-8-3-4-15(7-9(8)2)12(16)11-5-10(13)6-14-11/h5-6,8-9,14H,3-4,7H2,1-2H3. The lowest BCUT2D eigenvalue weighted by atomic mass is 9.88. The van der Waals surface area contributed by atoms with Crippen molar-refractivity contribution < 1.29 is 4.79 Å². The second-order valence-corrected chi connectivity index (χ2v) is 5.64. The molecule has 0 saturated carbocycles. The quantitative estimate of drug-likeness (QED) is 0.846. The topological polar surface area (TPSA) is 36.1 Å². The first-order chi connectivity index (χ1) is 7.58. The second-order valence-electron chi connectivity index (χ2n) is 4.73. The Morgan fingerprint density at radius 3 is 2.81 bits per heavy atom. The van der Waals surface area contributed by atoms with Crippen LogP contribution in [0, 0.1) is 11.8 Å². The molecule has 2 unspecified atom stereocenters. The van der Waals surface area contributed by atoms with Crippen LogP contribution in [-0.4, -0.2) is 28.9 Å². The number of carbonyl (C=O) groups excluding carboxylic acids is 1. The normalized spacial score (nSPS) is 25.8. The number of halogens is 1. The molecule has 0 aliphatic carbocycles. The van der Waals surface area contributed by atoms with Crippen molar-refractivity contribution >= 4 is 21.8 Å². The maximum Gasteiger partial charge on any atom is 0.270 e. The molecule has 16 heavy (non-hydrogen) atoms. The van der Waals surface area contributed by atoms with E-state index in [4.69, 9.17) is 0 Å². The van der Waals surface area contributed by atoms with E-state index in [9.17, 15) is 4.79 Å². The van der Waals surface area contributed by atoms with Gasteiger partial charge in [0.1, 0.15) is 5.69 Å². The van der Waals surface area contributed by atoms with Gasteiger partial charge in [0, 0.05) is 23.8 Å². The molecule has 1 aliphatic rings. The number of aromatic amines is 1. The Morgan fingerprint density at radius 2 is 2.25 bits per heavy atom. The Bertz CT molecular complexity index is 388. The Balaban J connectivity index is 2.06. The van der Waals surface area contributed by atoms with Crippen LogP contribution in [-0.2, 0) is 0 Å². The van der Waals surface area contributed by atoms with Crippen LogP contribution >= 0.6 is 15.9 Å². The van der Waals surface area contributed by atoms with E-state index in [-0.39, 0.29) is 5.91 Å². The molecule has 1 N–H and O–H groups in total. The van der Waals surface area contributed by atoms with E-state index in [0.717, 1.165) is 29.9 Å². The van der Waals surface area contributed by atoms with Gasteiger partial charge in [-0.05, 0) is 40.3 Å². The molecule has 1 aromatic heterocycles. The van der Waals surface area contributed by atoms with Gasteiger partial charge in [0.2, 0.25) is 0 Å². The summed E-state index contributed by atoms with van der Waals surface area (Å²) in [7, 11) is 0. The molecule has 1 amide bonds. The maximum atomic E-state index is 12.1. The second kappa shape index (κ2) is 4.62. The lowest BCUT2D eigenvalue weighted by Crippen LogP contribution is -2.42. The highest BCUT2D eigenvalue weighted by molar-refractivity contribution is 9.10. The Kier molecular flexibility index (Phi) is 3.38. The van der Waals surface area contributed by atoms with E-state index in [1.165, 1.54) is 0 Å². The van der Waals surface area contributed by atoms with Crippen LogP contribution in [0.2, 0.25) is 0 Å². The number of aromatic nitrogens is 1. The first kappa shape index (κ1) is 11.7. The molecule has 3 nitrogen and oxygen atoms in total. The molecule has 0 bridgehead atoms. The third-order valence-corrected chi connectivity index (χ3v) is 3.96. The van der Waals surface area contributed by atoms with Crippen molar-refractivity contribution in [2.24, 2.45) is 11.8 Å². The van der Waals surface area contributed by atoms with Crippen LogP contribution in [0.1, 0.15) is 30.8 Å². The fourth-order valence-electron chi connectivity index (χ4n) is 2.11. The van der Waals surface area contributed by atoms with Gasteiger partial charge in [-0.15, -0.1) is 0 Å². The number of rotatable bonds is 1. The zero-order chi connectivity index (χ0) is 11.7. The van der Waals surface area contributed by atoms with Crippen molar-refractivity contribution in [2.75, 3.05) is 13.1 Å². The average Bonchev–Trinajstić information content (AvgIpc) is 2.68. The number of carbonyl (C=O) groups is 1. The van der Waals surface area contributed by atoms with Crippen LogP contribution in [0.5, 0.6) is 0 Å². The van der Waals surface area contributed by atoms with Crippen molar-refractivity contribution in [1.82, 2.24) is 9.88 Å². The molecule has 0 radical (unpaired) electrons. The molecule has 88 valence electrons. The fraction of sp³-hybridized carbons (Fsp3) is 0.583. The molecule has 2 atom stereocenters. The molecule has 1 fully saturated rings. The molecule has 0 aromatic carbocycles. The summed E-state index contributed by atoms with van der Waals surface area (Å²) in [5.74, 6) is 1.43. The van der Waals surface area contributed by atoms with Crippen LogP contribution in [0.4, 0.5) is 0 Å². The number of hydrogen-bond acceptors (Lipinski definition) is 1. The van der Waals surface area contributed by atoms with E-state index in [2.05, 4.69) is 34.8 Å². The predicted molar refractivity (Wildman–Crippen MR) is 67.3 cm³/mol. The van der Waals surface area contributed by atoms with Crippen molar-refractivity contribution in [3.63, 3.8) is 0 Å². The zero-order valence-corrected chi connectivity index (χ0v) is 11.3. The van der Waals surface area contributed by atoms with Crippen LogP contribution < -0.4 is 0 Å². The van der Waals surface area contributed by atoms with Crippen molar-refractivity contribution in [3.8, 4) is 0 Å². The first-order valence-corrected chi connectivity index (χ1v) is 6.50. The third kappa shape index (κ3) is 2.32. The summed E-state index contributed by atoms with van der Waals surface area (Å²) in [6.07, 6.45) is 2.90. The summed E-state index contributed by atoms with van der Waals surface area (Å²) >= 11 is 3.34. The first-order valence-electron chi connectivity index (χ1n) is 5.71. The number of hydrogen-bond donors (Lipinski definition) is 1. The summed E-state index contributed by atoms with van der Waals surface area (Å²) in [5, 5.41) is 0.